The van der Waals surface area contributed by atoms with Crippen molar-refractivity contribution in [1.82, 2.24) is 10.3 Å². The van der Waals surface area contributed by atoms with Gasteiger partial charge in [0.1, 0.15) is 18.4 Å². The third-order valence-corrected chi connectivity index (χ3v) is 7.60. The molecule has 2 aliphatic rings. The van der Waals surface area contributed by atoms with E-state index in [2.05, 4.69) is 40.3 Å². The average Bonchev–Trinajstić information content (AvgIpc) is 3.44. The number of Topliss-reactive ketones (excluding diaryl/α,β-unsaturated/α-hetero) is 1. The standard InChI is InChI=1S/C33H44FN3O5/c1-3-5-6-7-8-9-10-11-12-15-21-41-30(39)22-27(29(38)24-34)36-32(40)33(19-4-2)23-28(37-42-33)31-26-17-14-13-16-25(26)18-20-35-31/h14,17-18,20,27H,3,5-13,15-16,21-24H2,1-2H3,(H,36,40)/t27-,33?/m0/s1. The number of pyridine rings is 1. The van der Waals surface area contributed by atoms with Crippen molar-refractivity contribution in [3.05, 3.63) is 35.2 Å². The highest BCUT2D eigenvalue weighted by Crippen LogP contribution is 2.30. The number of hydrogen-bond donors (Lipinski definition) is 1. The lowest BCUT2D eigenvalue weighted by Crippen LogP contribution is -2.53. The van der Waals surface area contributed by atoms with Gasteiger partial charge < -0.3 is 14.9 Å². The topological polar surface area (TPSA) is 107 Å². The predicted octanol–water partition coefficient (Wildman–Crippen LogP) is 5.81. The fraction of sp³-hybridized carbons (Fsp3) is 0.606. The number of alkyl halides is 1. The Labute approximate surface area is 248 Å². The first-order valence-electron chi connectivity index (χ1n) is 15.3. The van der Waals surface area contributed by atoms with E-state index in [0.29, 0.717) is 17.8 Å². The fourth-order valence-corrected chi connectivity index (χ4v) is 5.21. The van der Waals surface area contributed by atoms with Crippen LogP contribution in [0.15, 0.2) is 23.5 Å². The molecule has 42 heavy (non-hydrogen) atoms. The molecule has 2 atom stereocenters. The number of aromatic nitrogens is 1. The van der Waals surface area contributed by atoms with E-state index >= 15 is 0 Å². The summed E-state index contributed by atoms with van der Waals surface area (Å²) in [6.45, 7) is 2.65. The van der Waals surface area contributed by atoms with Crippen LogP contribution in [0.25, 0.3) is 6.08 Å². The number of allylic oxidation sites excluding steroid dienone is 1. The molecular weight excluding hydrogens is 537 g/mol. The van der Waals surface area contributed by atoms with Crippen molar-refractivity contribution in [3.63, 3.8) is 0 Å². The van der Waals surface area contributed by atoms with Gasteiger partial charge in [0.15, 0.2) is 5.78 Å². The molecule has 0 spiro atoms. The van der Waals surface area contributed by atoms with Gasteiger partial charge in [0.2, 0.25) is 0 Å². The van der Waals surface area contributed by atoms with Crippen LogP contribution < -0.4 is 5.32 Å². The highest BCUT2D eigenvalue weighted by molar-refractivity contribution is 6.08. The Bertz CT molecular complexity index is 1200. The highest BCUT2D eigenvalue weighted by atomic mass is 19.1. The van der Waals surface area contributed by atoms with Gasteiger partial charge in [0, 0.05) is 11.8 Å². The minimum atomic E-state index is -1.73. The number of fused-ring (bicyclic) bond motifs is 1. The molecule has 228 valence electrons. The fourth-order valence-electron chi connectivity index (χ4n) is 5.21. The van der Waals surface area contributed by atoms with Crippen molar-refractivity contribution < 1.29 is 28.3 Å². The maximum absolute atomic E-state index is 13.4. The molecule has 8 nitrogen and oxygen atoms in total. The van der Waals surface area contributed by atoms with E-state index in [1.807, 2.05) is 12.1 Å². The first-order chi connectivity index (χ1) is 20.4. The molecule has 9 heteroatoms. The van der Waals surface area contributed by atoms with Gasteiger partial charge in [-0.05, 0) is 43.7 Å². The number of halogens is 1. The van der Waals surface area contributed by atoms with Crippen molar-refractivity contribution in [2.24, 2.45) is 5.16 Å². The third-order valence-electron chi connectivity index (χ3n) is 7.60. The van der Waals surface area contributed by atoms with Gasteiger partial charge in [-0.1, -0.05) is 82.0 Å². The van der Waals surface area contributed by atoms with Crippen LogP contribution in [0.2, 0.25) is 0 Å². The molecule has 0 bridgehead atoms. The van der Waals surface area contributed by atoms with E-state index in [4.69, 9.17) is 9.57 Å². The van der Waals surface area contributed by atoms with Crippen molar-refractivity contribution in [2.45, 2.75) is 115 Å². The molecule has 1 aliphatic heterocycles. The predicted molar refractivity (Wildman–Crippen MR) is 160 cm³/mol. The summed E-state index contributed by atoms with van der Waals surface area (Å²) in [5, 5.41) is 6.62. The SMILES string of the molecule is CC#CC1(C(=O)N[C@@H](CC(=O)OCCCCCCCCCCCC)C(=O)CF)CC(c2nccc3c2C=CCC3)=NO1. The van der Waals surface area contributed by atoms with Crippen LogP contribution in [-0.2, 0) is 30.4 Å². The van der Waals surface area contributed by atoms with Crippen LogP contribution in [-0.4, -0.2) is 53.3 Å². The number of oxime groups is 1. The number of nitrogens with zero attached hydrogens (tertiary/aromatic N) is 2. The number of nitrogens with one attached hydrogen (secondary N) is 1. The molecule has 1 unspecified atom stereocenters. The molecule has 1 aromatic heterocycles. The van der Waals surface area contributed by atoms with Gasteiger partial charge in [0.05, 0.1) is 25.1 Å². The van der Waals surface area contributed by atoms with Gasteiger partial charge in [-0.2, -0.15) is 0 Å². The third kappa shape index (κ3) is 9.50. The Kier molecular flexibility index (Phi) is 13.7. The molecular formula is C33H44FN3O5. The second-order valence-electron chi connectivity index (χ2n) is 10.9. The molecule has 2 heterocycles. The lowest BCUT2D eigenvalue weighted by Gasteiger charge is -2.23. The number of hydrogen-bond acceptors (Lipinski definition) is 7. The largest absolute Gasteiger partial charge is 0.466 e. The normalized spacial score (nSPS) is 17.7. The van der Waals surface area contributed by atoms with Crippen LogP contribution in [0.5, 0.6) is 0 Å². The maximum Gasteiger partial charge on any atom is 0.308 e. The van der Waals surface area contributed by atoms with Crippen molar-refractivity contribution in [1.29, 1.82) is 0 Å². The summed E-state index contributed by atoms with van der Waals surface area (Å²) in [5.41, 5.74) is 1.35. The zero-order chi connectivity index (χ0) is 30.2. The number of ether oxygens (including phenoxy) is 1. The summed E-state index contributed by atoms with van der Waals surface area (Å²) in [7, 11) is 0. The lowest BCUT2D eigenvalue weighted by atomic mass is 9.90. The molecule has 0 fully saturated rings. The lowest BCUT2D eigenvalue weighted by molar-refractivity contribution is -0.147. The minimum absolute atomic E-state index is 0.0172. The average molecular weight is 582 g/mol. The smallest absolute Gasteiger partial charge is 0.308 e. The molecule has 0 saturated carbocycles. The van der Waals surface area contributed by atoms with Gasteiger partial charge in [-0.3, -0.25) is 19.4 Å². The van der Waals surface area contributed by atoms with Gasteiger partial charge >= 0.3 is 5.97 Å². The Hall–Kier alpha value is -3.54. The van der Waals surface area contributed by atoms with Crippen molar-refractivity contribution in [2.75, 3.05) is 13.3 Å². The van der Waals surface area contributed by atoms with Gasteiger partial charge in [-0.25, -0.2) is 4.39 Å². The van der Waals surface area contributed by atoms with Crippen LogP contribution in [0.1, 0.15) is 114 Å². The molecule has 0 saturated heterocycles. The number of unbranched alkanes of at least 4 members (excludes halogenated alkanes) is 9. The van der Waals surface area contributed by atoms with Gasteiger partial charge in [-0.15, -0.1) is 5.92 Å². The van der Waals surface area contributed by atoms with E-state index < -0.39 is 42.4 Å². The maximum atomic E-state index is 13.4. The second-order valence-corrected chi connectivity index (χ2v) is 10.9. The summed E-state index contributed by atoms with van der Waals surface area (Å²) >= 11 is 0. The summed E-state index contributed by atoms with van der Waals surface area (Å²) < 4.78 is 18.7. The number of esters is 1. The molecule has 1 N–H and O–H groups in total. The number of carbonyl (C=O) groups is 3. The van der Waals surface area contributed by atoms with E-state index in [9.17, 15) is 18.8 Å². The zero-order valence-electron chi connectivity index (χ0n) is 25.0. The number of ketones is 1. The minimum Gasteiger partial charge on any atom is -0.466 e. The first kappa shape index (κ1) is 33.0. The van der Waals surface area contributed by atoms with Crippen molar-refractivity contribution >= 4 is 29.4 Å². The zero-order valence-corrected chi connectivity index (χ0v) is 25.0. The first-order valence-corrected chi connectivity index (χ1v) is 15.3. The van der Waals surface area contributed by atoms with Crippen LogP contribution in [0, 0.1) is 11.8 Å². The Morgan fingerprint density at radius 2 is 1.83 bits per heavy atom. The van der Waals surface area contributed by atoms with Crippen LogP contribution in [0.3, 0.4) is 0 Å². The molecule has 1 aliphatic carbocycles. The van der Waals surface area contributed by atoms with Crippen LogP contribution in [0.4, 0.5) is 4.39 Å². The summed E-state index contributed by atoms with van der Waals surface area (Å²) in [6.07, 6.45) is 18.5. The highest BCUT2D eigenvalue weighted by Gasteiger charge is 2.47. The Morgan fingerprint density at radius 1 is 1.12 bits per heavy atom. The van der Waals surface area contributed by atoms with E-state index in [1.165, 1.54) is 38.5 Å². The van der Waals surface area contributed by atoms with Crippen LogP contribution >= 0.6 is 0 Å². The van der Waals surface area contributed by atoms with E-state index in [-0.39, 0.29) is 13.0 Å². The molecule has 1 amide bonds. The number of carbonyl (C=O) groups excluding carboxylic acids is 3. The quantitative estimate of drug-likeness (QED) is 0.133. The molecule has 3 rings (SSSR count). The number of rotatable bonds is 18. The molecule has 1 aromatic rings. The summed E-state index contributed by atoms with van der Waals surface area (Å²) in [6, 6.07) is 0.546. The molecule has 0 radical (unpaired) electrons. The number of amides is 1. The monoisotopic (exact) mass is 581 g/mol. The van der Waals surface area contributed by atoms with E-state index in [0.717, 1.165) is 43.2 Å². The summed E-state index contributed by atoms with van der Waals surface area (Å²) in [5.74, 6) is 3.08. The molecule has 0 aromatic carbocycles. The Morgan fingerprint density at radius 3 is 2.52 bits per heavy atom. The van der Waals surface area contributed by atoms with E-state index in [1.54, 1.807) is 13.1 Å². The van der Waals surface area contributed by atoms with Crippen molar-refractivity contribution in [3.8, 4) is 11.8 Å². The number of aryl methyl sites for hydroxylation is 1. The summed E-state index contributed by atoms with van der Waals surface area (Å²) in [4.78, 5) is 48.3. The second kappa shape index (κ2) is 17.4. The Balaban J connectivity index is 1.50. The van der Waals surface area contributed by atoms with Gasteiger partial charge in [0.25, 0.3) is 11.5 Å².